The second kappa shape index (κ2) is 10.4. The molecule has 3 rings (SSSR count). The largest absolute Gasteiger partial charge is 0.489 e. The molecule has 5 heteroatoms. The lowest BCUT2D eigenvalue weighted by Crippen LogP contribution is -2.14. The Labute approximate surface area is 184 Å². The van der Waals surface area contributed by atoms with Crippen LogP contribution >= 0.6 is 15.9 Å². The van der Waals surface area contributed by atoms with Crippen LogP contribution in [0.5, 0.6) is 5.75 Å². The number of rotatable bonds is 7. The van der Waals surface area contributed by atoms with Crippen molar-refractivity contribution in [2.75, 3.05) is 5.32 Å². The Morgan fingerprint density at radius 1 is 1.03 bits per heavy atom. The molecule has 0 saturated carbocycles. The van der Waals surface area contributed by atoms with Gasteiger partial charge in [0.25, 0.3) is 5.91 Å². The van der Waals surface area contributed by atoms with Gasteiger partial charge >= 0.3 is 0 Å². The van der Waals surface area contributed by atoms with Crippen molar-refractivity contribution >= 4 is 33.6 Å². The van der Waals surface area contributed by atoms with Crippen molar-refractivity contribution in [3.63, 3.8) is 0 Å². The van der Waals surface area contributed by atoms with Crippen LogP contribution in [0.3, 0.4) is 0 Å². The number of aryl methyl sites for hydroxylation is 1. The third kappa shape index (κ3) is 5.59. The third-order valence-corrected chi connectivity index (χ3v) is 5.33. The fourth-order valence-electron chi connectivity index (χ4n) is 2.89. The van der Waals surface area contributed by atoms with Gasteiger partial charge in [-0.25, -0.2) is 0 Å². The van der Waals surface area contributed by atoms with E-state index in [1.54, 1.807) is 6.08 Å². The summed E-state index contributed by atoms with van der Waals surface area (Å²) in [7, 11) is 0. The highest BCUT2D eigenvalue weighted by Gasteiger charge is 2.11. The third-order valence-electron chi connectivity index (χ3n) is 4.55. The highest BCUT2D eigenvalue weighted by atomic mass is 79.9. The standard InChI is InChI=1S/C25H21BrN2O2/c1-2-19-7-4-6-10-24(19)28-25(29)21(16-27)15-18-11-13-22(14-12-18)30-17-20-8-3-5-9-23(20)26/h3-15H,2,17H2,1H3,(H,28,29)/b21-15+. The van der Waals surface area contributed by atoms with Crippen LogP contribution < -0.4 is 10.1 Å². The summed E-state index contributed by atoms with van der Waals surface area (Å²) in [5.41, 5.74) is 3.59. The van der Waals surface area contributed by atoms with E-state index in [1.807, 2.05) is 85.8 Å². The Morgan fingerprint density at radius 3 is 2.37 bits per heavy atom. The number of carbonyl (C=O) groups is 1. The normalized spacial score (nSPS) is 10.9. The molecule has 150 valence electrons. The summed E-state index contributed by atoms with van der Waals surface area (Å²) in [5.74, 6) is 0.287. The van der Waals surface area contributed by atoms with Crippen LogP contribution in [-0.2, 0) is 17.8 Å². The smallest absolute Gasteiger partial charge is 0.266 e. The predicted octanol–water partition coefficient (Wildman–Crippen LogP) is 6.14. The van der Waals surface area contributed by atoms with E-state index in [0.717, 1.165) is 33.3 Å². The van der Waals surface area contributed by atoms with Gasteiger partial charge in [-0.3, -0.25) is 4.79 Å². The van der Waals surface area contributed by atoms with Crippen LogP contribution in [0.15, 0.2) is 82.8 Å². The Morgan fingerprint density at radius 2 is 1.70 bits per heavy atom. The van der Waals surface area contributed by atoms with Gasteiger partial charge in [0, 0.05) is 15.7 Å². The van der Waals surface area contributed by atoms with Gasteiger partial charge in [0.2, 0.25) is 0 Å². The maximum Gasteiger partial charge on any atom is 0.266 e. The number of ether oxygens (including phenoxy) is 1. The highest BCUT2D eigenvalue weighted by Crippen LogP contribution is 2.21. The van der Waals surface area contributed by atoms with E-state index in [1.165, 1.54) is 0 Å². The molecule has 0 radical (unpaired) electrons. The summed E-state index contributed by atoms with van der Waals surface area (Å²) in [5, 5.41) is 12.3. The quantitative estimate of drug-likeness (QED) is 0.340. The van der Waals surface area contributed by atoms with Crippen molar-refractivity contribution in [3.05, 3.63) is 99.5 Å². The maximum atomic E-state index is 12.5. The van der Waals surface area contributed by atoms with E-state index in [2.05, 4.69) is 21.2 Å². The van der Waals surface area contributed by atoms with E-state index in [9.17, 15) is 10.1 Å². The predicted molar refractivity (Wildman–Crippen MR) is 123 cm³/mol. The van der Waals surface area contributed by atoms with Crippen molar-refractivity contribution in [3.8, 4) is 11.8 Å². The molecule has 0 saturated heterocycles. The van der Waals surface area contributed by atoms with E-state index < -0.39 is 5.91 Å². The average Bonchev–Trinajstić information content (AvgIpc) is 2.78. The molecular formula is C25H21BrN2O2. The Kier molecular flexibility index (Phi) is 7.42. The van der Waals surface area contributed by atoms with Crippen molar-refractivity contribution in [1.29, 1.82) is 5.26 Å². The zero-order valence-electron chi connectivity index (χ0n) is 16.6. The summed E-state index contributed by atoms with van der Waals surface area (Å²) < 4.78 is 6.82. The number of hydrogen-bond donors (Lipinski definition) is 1. The molecule has 30 heavy (non-hydrogen) atoms. The second-order valence-corrected chi connectivity index (χ2v) is 7.44. The summed E-state index contributed by atoms with van der Waals surface area (Å²) in [6, 6.07) is 24.7. The minimum Gasteiger partial charge on any atom is -0.489 e. The number of halogens is 1. The second-order valence-electron chi connectivity index (χ2n) is 6.58. The van der Waals surface area contributed by atoms with Gasteiger partial charge < -0.3 is 10.1 Å². The first-order valence-electron chi connectivity index (χ1n) is 9.58. The number of benzene rings is 3. The summed E-state index contributed by atoms with van der Waals surface area (Å²) in [4.78, 5) is 12.5. The molecule has 0 aliphatic carbocycles. The molecule has 0 fully saturated rings. The lowest BCUT2D eigenvalue weighted by atomic mass is 10.1. The van der Waals surface area contributed by atoms with Crippen molar-refractivity contribution in [2.45, 2.75) is 20.0 Å². The number of hydrogen-bond acceptors (Lipinski definition) is 3. The number of carbonyl (C=O) groups excluding carboxylic acids is 1. The van der Waals surface area contributed by atoms with Crippen LogP contribution in [0, 0.1) is 11.3 Å². The molecular weight excluding hydrogens is 440 g/mol. The zero-order valence-corrected chi connectivity index (χ0v) is 18.1. The molecule has 0 unspecified atom stereocenters. The van der Waals surface area contributed by atoms with Crippen LogP contribution in [0.4, 0.5) is 5.69 Å². The molecule has 1 amide bonds. The number of anilines is 1. The van der Waals surface area contributed by atoms with Crippen LogP contribution in [0.1, 0.15) is 23.6 Å². The van der Waals surface area contributed by atoms with Gasteiger partial charge in [-0.1, -0.05) is 71.4 Å². The van der Waals surface area contributed by atoms with Crippen molar-refractivity contribution in [1.82, 2.24) is 0 Å². The van der Waals surface area contributed by atoms with E-state index in [-0.39, 0.29) is 5.57 Å². The first-order chi connectivity index (χ1) is 14.6. The molecule has 1 N–H and O–H groups in total. The number of nitriles is 1. The summed E-state index contributed by atoms with van der Waals surface area (Å²) >= 11 is 3.51. The first kappa shape index (κ1) is 21.4. The van der Waals surface area contributed by atoms with Crippen molar-refractivity contribution < 1.29 is 9.53 Å². The minimum absolute atomic E-state index is 0.0443. The van der Waals surface area contributed by atoms with Crippen LogP contribution in [0.2, 0.25) is 0 Å². The molecule has 0 aromatic heterocycles. The molecule has 3 aromatic carbocycles. The topological polar surface area (TPSA) is 62.1 Å². The van der Waals surface area contributed by atoms with Gasteiger partial charge in [0.05, 0.1) is 0 Å². The monoisotopic (exact) mass is 460 g/mol. The maximum absolute atomic E-state index is 12.5. The Balaban J connectivity index is 1.67. The Bertz CT molecular complexity index is 1100. The number of para-hydroxylation sites is 1. The lowest BCUT2D eigenvalue weighted by molar-refractivity contribution is -0.112. The molecule has 0 atom stereocenters. The molecule has 0 aliphatic rings. The van der Waals surface area contributed by atoms with Gasteiger partial charge in [0.1, 0.15) is 24.0 Å². The number of nitrogens with one attached hydrogen (secondary N) is 1. The lowest BCUT2D eigenvalue weighted by Gasteiger charge is -2.09. The molecule has 0 aliphatic heterocycles. The van der Waals surface area contributed by atoms with E-state index in [4.69, 9.17) is 4.74 Å². The van der Waals surface area contributed by atoms with E-state index in [0.29, 0.717) is 12.4 Å². The molecule has 0 spiro atoms. The van der Waals surface area contributed by atoms with Crippen molar-refractivity contribution in [2.24, 2.45) is 0 Å². The number of amides is 1. The molecule has 3 aromatic rings. The molecule has 0 heterocycles. The van der Waals surface area contributed by atoms with Crippen LogP contribution in [-0.4, -0.2) is 5.91 Å². The van der Waals surface area contributed by atoms with Gasteiger partial charge in [-0.15, -0.1) is 0 Å². The van der Waals surface area contributed by atoms with E-state index >= 15 is 0 Å². The van der Waals surface area contributed by atoms with Gasteiger partial charge in [-0.2, -0.15) is 5.26 Å². The van der Waals surface area contributed by atoms with Gasteiger partial charge in [-0.05, 0) is 47.9 Å². The first-order valence-corrected chi connectivity index (χ1v) is 10.4. The average molecular weight is 461 g/mol. The zero-order chi connectivity index (χ0) is 21.3. The Hall–Kier alpha value is -3.36. The van der Waals surface area contributed by atoms with Gasteiger partial charge in [0.15, 0.2) is 0 Å². The summed E-state index contributed by atoms with van der Waals surface area (Å²) in [6.45, 7) is 2.46. The fourth-order valence-corrected chi connectivity index (χ4v) is 3.29. The summed E-state index contributed by atoms with van der Waals surface area (Å²) in [6.07, 6.45) is 2.37. The SMILES string of the molecule is CCc1ccccc1NC(=O)/C(C#N)=C/c1ccc(OCc2ccccc2Br)cc1. The molecule has 4 nitrogen and oxygen atoms in total. The number of nitrogens with zero attached hydrogens (tertiary/aromatic N) is 1. The highest BCUT2D eigenvalue weighted by molar-refractivity contribution is 9.10. The van der Waals surface area contributed by atoms with Crippen LogP contribution in [0.25, 0.3) is 6.08 Å². The molecule has 0 bridgehead atoms. The fraction of sp³-hybridized carbons (Fsp3) is 0.120. The minimum atomic E-state index is -0.423.